The molecule has 0 bridgehead atoms. The minimum atomic E-state index is -0.781. The SMILES string of the molecule is CC[C@@H](C(=O)NC(C)(C)C)N(Cc1ccc(Cl)cc1Cl)C(=O)Cc1ccccc1[N+](=O)[O-]. The first kappa shape index (κ1) is 25.6. The number of hydrogen-bond donors (Lipinski definition) is 1. The van der Waals surface area contributed by atoms with Crippen LogP contribution in [0.4, 0.5) is 5.69 Å². The van der Waals surface area contributed by atoms with Crippen LogP contribution in [-0.2, 0) is 22.6 Å². The fraction of sp³-hybridized carbons (Fsp3) is 0.391. The van der Waals surface area contributed by atoms with E-state index in [0.717, 1.165) is 0 Å². The number of carbonyl (C=O) groups excluding carboxylic acids is 2. The van der Waals surface area contributed by atoms with Gasteiger partial charge in [-0.05, 0) is 44.9 Å². The van der Waals surface area contributed by atoms with Gasteiger partial charge in [0.15, 0.2) is 0 Å². The van der Waals surface area contributed by atoms with Crippen molar-refractivity contribution in [3.63, 3.8) is 0 Å². The van der Waals surface area contributed by atoms with E-state index in [1.54, 1.807) is 36.4 Å². The lowest BCUT2D eigenvalue weighted by atomic mass is 10.0. The molecule has 0 heterocycles. The normalized spacial score (nSPS) is 12.2. The standard InChI is InChI=1S/C23H27Cl2N3O4/c1-5-19(22(30)26-23(2,3)4)27(14-16-10-11-17(24)13-18(16)25)21(29)12-15-8-6-7-9-20(15)28(31)32/h6-11,13,19H,5,12,14H2,1-4H3,(H,26,30)/t19-/m0/s1. The van der Waals surface area contributed by atoms with Gasteiger partial charge in [0.25, 0.3) is 5.69 Å². The van der Waals surface area contributed by atoms with Crippen molar-refractivity contribution in [2.45, 2.75) is 58.7 Å². The largest absolute Gasteiger partial charge is 0.350 e. The van der Waals surface area contributed by atoms with Crippen LogP contribution in [0.1, 0.15) is 45.2 Å². The molecule has 0 saturated carbocycles. The molecule has 2 aromatic rings. The lowest BCUT2D eigenvalue weighted by Crippen LogP contribution is -2.53. The van der Waals surface area contributed by atoms with Crippen LogP contribution in [-0.4, -0.2) is 33.2 Å². The van der Waals surface area contributed by atoms with Crippen molar-refractivity contribution in [1.29, 1.82) is 0 Å². The summed E-state index contributed by atoms with van der Waals surface area (Å²) >= 11 is 12.3. The van der Waals surface area contributed by atoms with Crippen LogP contribution in [0.15, 0.2) is 42.5 Å². The number of halogens is 2. The smallest absolute Gasteiger partial charge is 0.273 e. The van der Waals surface area contributed by atoms with Gasteiger partial charge in [-0.3, -0.25) is 19.7 Å². The number of hydrogen-bond acceptors (Lipinski definition) is 4. The van der Waals surface area contributed by atoms with E-state index in [1.807, 2.05) is 27.7 Å². The molecule has 1 N–H and O–H groups in total. The Morgan fingerprint density at radius 2 is 1.78 bits per heavy atom. The summed E-state index contributed by atoms with van der Waals surface area (Å²) in [4.78, 5) is 38.7. The summed E-state index contributed by atoms with van der Waals surface area (Å²) in [6.45, 7) is 7.43. The number of nitro benzene ring substituents is 1. The summed E-state index contributed by atoms with van der Waals surface area (Å²) in [6, 6.07) is 10.2. The Bertz CT molecular complexity index is 1000. The third kappa shape index (κ3) is 6.93. The average molecular weight is 480 g/mol. The first-order valence-corrected chi connectivity index (χ1v) is 11.0. The number of nitro groups is 1. The van der Waals surface area contributed by atoms with Gasteiger partial charge in [0.05, 0.1) is 11.3 Å². The first-order chi connectivity index (χ1) is 14.9. The molecular weight excluding hydrogens is 453 g/mol. The molecule has 7 nitrogen and oxygen atoms in total. The molecule has 32 heavy (non-hydrogen) atoms. The van der Waals surface area contributed by atoms with Crippen LogP contribution < -0.4 is 5.32 Å². The van der Waals surface area contributed by atoms with Gasteiger partial charge in [-0.2, -0.15) is 0 Å². The molecule has 0 radical (unpaired) electrons. The van der Waals surface area contributed by atoms with Crippen molar-refractivity contribution in [2.75, 3.05) is 0 Å². The van der Waals surface area contributed by atoms with Gasteiger partial charge in [-0.1, -0.05) is 54.4 Å². The van der Waals surface area contributed by atoms with Gasteiger partial charge in [-0.25, -0.2) is 0 Å². The number of amides is 2. The minimum absolute atomic E-state index is 0.0610. The molecule has 2 rings (SSSR count). The van der Waals surface area contributed by atoms with Crippen LogP contribution in [0.5, 0.6) is 0 Å². The predicted octanol–water partition coefficient (Wildman–Crippen LogP) is 5.17. The lowest BCUT2D eigenvalue weighted by molar-refractivity contribution is -0.385. The van der Waals surface area contributed by atoms with E-state index in [1.165, 1.54) is 11.0 Å². The summed E-state index contributed by atoms with van der Waals surface area (Å²) in [6.07, 6.45) is 0.136. The van der Waals surface area contributed by atoms with Crippen molar-refractivity contribution in [1.82, 2.24) is 10.2 Å². The van der Waals surface area contributed by atoms with E-state index in [0.29, 0.717) is 22.0 Å². The molecule has 0 aromatic heterocycles. The van der Waals surface area contributed by atoms with Crippen molar-refractivity contribution >= 4 is 40.7 Å². The van der Waals surface area contributed by atoms with Gasteiger partial charge in [0.1, 0.15) is 6.04 Å². The Labute approximate surface area is 197 Å². The second-order valence-corrected chi connectivity index (χ2v) is 9.33. The maximum Gasteiger partial charge on any atom is 0.273 e. The molecule has 0 spiro atoms. The molecular formula is C23H27Cl2N3O4. The zero-order chi connectivity index (χ0) is 24.1. The number of rotatable bonds is 8. The summed E-state index contributed by atoms with van der Waals surface area (Å²) in [7, 11) is 0. The molecule has 0 saturated heterocycles. The molecule has 9 heteroatoms. The second-order valence-electron chi connectivity index (χ2n) is 8.48. The summed E-state index contributed by atoms with van der Waals surface area (Å²) in [5.41, 5.74) is 0.266. The zero-order valence-electron chi connectivity index (χ0n) is 18.5. The topological polar surface area (TPSA) is 92.6 Å². The number of carbonyl (C=O) groups is 2. The molecule has 0 fully saturated rings. The van der Waals surface area contributed by atoms with E-state index in [4.69, 9.17) is 23.2 Å². The lowest BCUT2D eigenvalue weighted by Gasteiger charge is -2.33. The summed E-state index contributed by atoms with van der Waals surface area (Å²) in [5.74, 6) is -0.720. The fourth-order valence-electron chi connectivity index (χ4n) is 3.31. The monoisotopic (exact) mass is 479 g/mol. The summed E-state index contributed by atoms with van der Waals surface area (Å²) < 4.78 is 0. The van der Waals surface area contributed by atoms with Crippen LogP contribution >= 0.6 is 23.2 Å². The van der Waals surface area contributed by atoms with Crippen LogP contribution in [0.2, 0.25) is 10.0 Å². The molecule has 1 atom stereocenters. The molecule has 0 unspecified atom stereocenters. The Hall–Kier alpha value is -2.64. The van der Waals surface area contributed by atoms with Crippen LogP contribution in [0.25, 0.3) is 0 Å². The van der Waals surface area contributed by atoms with Gasteiger partial charge in [0, 0.05) is 33.8 Å². The molecule has 2 amide bonds. The van der Waals surface area contributed by atoms with E-state index in [2.05, 4.69) is 5.32 Å². The second kappa shape index (κ2) is 10.8. The number of benzene rings is 2. The van der Waals surface area contributed by atoms with Crippen molar-refractivity contribution in [3.8, 4) is 0 Å². The van der Waals surface area contributed by atoms with Gasteiger partial charge >= 0.3 is 0 Å². The Balaban J connectivity index is 2.43. The maximum absolute atomic E-state index is 13.4. The van der Waals surface area contributed by atoms with Crippen LogP contribution in [0, 0.1) is 10.1 Å². The first-order valence-electron chi connectivity index (χ1n) is 10.2. The fourth-order valence-corrected chi connectivity index (χ4v) is 3.78. The third-order valence-corrected chi connectivity index (χ3v) is 5.36. The Morgan fingerprint density at radius 1 is 1.12 bits per heavy atom. The molecule has 0 aliphatic carbocycles. The van der Waals surface area contributed by atoms with Crippen molar-refractivity contribution < 1.29 is 14.5 Å². The highest BCUT2D eigenvalue weighted by Gasteiger charge is 2.32. The quantitative estimate of drug-likeness (QED) is 0.417. The zero-order valence-corrected chi connectivity index (χ0v) is 20.0. The maximum atomic E-state index is 13.4. The molecule has 2 aromatic carbocycles. The van der Waals surface area contributed by atoms with E-state index in [-0.39, 0.29) is 30.1 Å². The molecule has 0 aliphatic rings. The predicted molar refractivity (Wildman–Crippen MR) is 126 cm³/mol. The van der Waals surface area contributed by atoms with Gasteiger partial charge in [0.2, 0.25) is 11.8 Å². The average Bonchev–Trinajstić information content (AvgIpc) is 2.68. The minimum Gasteiger partial charge on any atom is -0.350 e. The third-order valence-electron chi connectivity index (χ3n) is 4.77. The van der Waals surface area contributed by atoms with Crippen LogP contribution in [0.3, 0.4) is 0 Å². The van der Waals surface area contributed by atoms with Crippen molar-refractivity contribution in [2.24, 2.45) is 0 Å². The van der Waals surface area contributed by atoms with Gasteiger partial charge in [-0.15, -0.1) is 0 Å². The van der Waals surface area contributed by atoms with E-state index < -0.39 is 22.4 Å². The number of para-hydroxylation sites is 1. The highest BCUT2D eigenvalue weighted by atomic mass is 35.5. The summed E-state index contributed by atoms with van der Waals surface area (Å²) in [5, 5.41) is 15.1. The van der Waals surface area contributed by atoms with E-state index in [9.17, 15) is 19.7 Å². The van der Waals surface area contributed by atoms with Crippen molar-refractivity contribution in [3.05, 3.63) is 73.8 Å². The molecule has 0 aliphatic heterocycles. The Kier molecular flexibility index (Phi) is 8.64. The molecule has 172 valence electrons. The van der Waals surface area contributed by atoms with Gasteiger partial charge < -0.3 is 10.2 Å². The highest BCUT2D eigenvalue weighted by Crippen LogP contribution is 2.25. The number of nitrogens with zero attached hydrogens (tertiary/aromatic N) is 2. The highest BCUT2D eigenvalue weighted by molar-refractivity contribution is 6.35. The number of nitrogens with one attached hydrogen (secondary N) is 1. The van der Waals surface area contributed by atoms with E-state index >= 15 is 0 Å². The Morgan fingerprint density at radius 3 is 2.34 bits per heavy atom.